The van der Waals surface area contributed by atoms with E-state index in [4.69, 9.17) is 4.74 Å². The third-order valence-corrected chi connectivity index (χ3v) is 4.41. The molecule has 4 nitrogen and oxygen atoms in total. The predicted molar refractivity (Wildman–Crippen MR) is 76.6 cm³/mol. The zero-order valence-corrected chi connectivity index (χ0v) is 13.0. The van der Waals surface area contributed by atoms with Gasteiger partial charge in [-0.2, -0.15) is 5.10 Å². The molecule has 2 atom stereocenters. The number of alkyl halides is 1. The molecule has 1 aliphatic carbocycles. The van der Waals surface area contributed by atoms with E-state index in [-0.39, 0.29) is 0 Å². The number of aromatic nitrogens is 2. The van der Waals surface area contributed by atoms with Crippen LogP contribution < -0.4 is 4.74 Å². The minimum absolute atomic E-state index is 0.578. The maximum absolute atomic E-state index is 5.47. The van der Waals surface area contributed by atoms with Crippen molar-refractivity contribution in [3.05, 3.63) is 11.9 Å². The molecule has 1 heterocycles. The molecule has 2 rings (SSSR count). The highest BCUT2D eigenvalue weighted by Gasteiger charge is 2.29. The molecular weight excluding hydrogens is 294 g/mol. The summed E-state index contributed by atoms with van der Waals surface area (Å²) >= 11 is 3.72. The Morgan fingerprint density at radius 3 is 2.83 bits per heavy atom. The van der Waals surface area contributed by atoms with Crippen molar-refractivity contribution in [2.24, 2.45) is 0 Å². The van der Waals surface area contributed by atoms with E-state index in [0.717, 1.165) is 18.8 Å². The lowest BCUT2D eigenvalue weighted by molar-refractivity contribution is 0.361. The van der Waals surface area contributed by atoms with Crippen LogP contribution in [0.2, 0.25) is 0 Å². The SMILES string of the molecule is COc1cnn(CCN(C)C)c1C1CCC(Br)C1. The van der Waals surface area contributed by atoms with E-state index in [1.807, 2.05) is 6.20 Å². The van der Waals surface area contributed by atoms with Gasteiger partial charge < -0.3 is 9.64 Å². The number of methoxy groups -OCH3 is 1. The zero-order chi connectivity index (χ0) is 13.1. The summed E-state index contributed by atoms with van der Waals surface area (Å²) in [7, 11) is 5.91. The maximum atomic E-state index is 5.47. The monoisotopic (exact) mass is 315 g/mol. The Morgan fingerprint density at radius 2 is 2.28 bits per heavy atom. The first kappa shape index (κ1) is 13.9. The van der Waals surface area contributed by atoms with Crippen molar-refractivity contribution in [1.82, 2.24) is 14.7 Å². The Balaban J connectivity index is 2.17. The third kappa shape index (κ3) is 3.06. The second-order valence-electron chi connectivity index (χ2n) is 5.23. The second kappa shape index (κ2) is 6.06. The molecule has 0 aliphatic heterocycles. The number of nitrogens with zero attached hydrogens (tertiary/aromatic N) is 3. The van der Waals surface area contributed by atoms with Crippen LogP contribution in [0.5, 0.6) is 5.75 Å². The lowest BCUT2D eigenvalue weighted by atomic mass is 10.0. The lowest BCUT2D eigenvalue weighted by Crippen LogP contribution is -2.21. The topological polar surface area (TPSA) is 30.3 Å². The highest BCUT2D eigenvalue weighted by atomic mass is 79.9. The molecule has 0 bridgehead atoms. The van der Waals surface area contributed by atoms with E-state index in [0.29, 0.717) is 10.7 Å². The second-order valence-corrected chi connectivity index (χ2v) is 6.53. The van der Waals surface area contributed by atoms with E-state index in [1.54, 1.807) is 7.11 Å². The normalized spacial score (nSPS) is 23.8. The molecule has 1 aromatic heterocycles. The number of ether oxygens (including phenoxy) is 1. The highest BCUT2D eigenvalue weighted by molar-refractivity contribution is 9.09. The maximum Gasteiger partial charge on any atom is 0.160 e. The van der Waals surface area contributed by atoms with Crippen LogP contribution in [-0.4, -0.2) is 47.3 Å². The number of hydrogen-bond donors (Lipinski definition) is 0. The van der Waals surface area contributed by atoms with Crippen LogP contribution in [0, 0.1) is 0 Å². The van der Waals surface area contributed by atoms with Crippen LogP contribution >= 0.6 is 15.9 Å². The summed E-state index contributed by atoms with van der Waals surface area (Å²) in [5, 5.41) is 4.48. The fourth-order valence-electron chi connectivity index (χ4n) is 2.59. The van der Waals surface area contributed by atoms with E-state index in [2.05, 4.69) is 44.7 Å². The summed E-state index contributed by atoms with van der Waals surface area (Å²) in [6.07, 6.45) is 5.50. The molecular formula is C13H22BrN3O. The van der Waals surface area contributed by atoms with Crippen molar-refractivity contribution < 1.29 is 4.74 Å². The molecule has 0 N–H and O–H groups in total. The van der Waals surface area contributed by atoms with E-state index in [1.165, 1.54) is 25.0 Å². The van der Waals surface area contributed by atoms with Crippen molar-refractivity contribution >= 4 is 15.9 Å². The number of hydrogen-bond acceptors (Lipinski definition) is 3. The Hall–Kier alpha value is -0.550. The predicted octanol–water partition coefficient (Wildman–Crippen LogP) is 2.48. The molecule has 18 heavy (non-hydrogen) atoms. The Bertz CT molecular complexity index is 392. The zero-order valence-electron chi connectivity index (χ0n) is 11.4. The van der Waals surface area contributed by atoms with E-state index >= 15 is 0 Å². The molecule has 1 aromatic rings. The first-order chi connectivity index (χ1) is 8.61. The van der Waals surface area contributed by atoms with Gasteiger partial charge in [0.05, 0.1) is 25.5 Å². The molecule has 0 saturated heterocycles. The Labute approximate surface area is 117 Å². The van der Waals surface area contributed by atoms with Crippen molar-refractivity contribution in [3.63, 3.8) is 0 Å². The molecule has 1 fully saturated rings. The summed E-state index contributed by atoms with van der Waals surface area (Å²) in [5.41, 5.74) is 1.28. The standard InChI is InChI=1S/C13H22BrN3O/c1-16(2)6-7-17-13(12(18-3)9-15-17)10-4-5-11(14)8-10/h9-11H,4-8H2,1-3H3. The average molecular weight is 316 g/mol. The molecule has 102 valence electrons. The van der Waals surface area contributed by atoms with Gasteiger partial charge >= 0.3 is 0 Å². The molecule has 1 saturated carbocycles. The quantitative estimate of drug-likeness (QED) is 0.782. The van der Waals surface area contributed by atoms with Gasteiger partial charge in [0, 0.05) is 17.3 Å². The number of likely N-dealkylation sites (N-methyl/N-ethyl adjacent to an activating group) is 1. The minimum Gasteiger partial charge on any atom is -0.493 e. The Kier molecular flexibility index (Phi) is 4.67. The molecule has 1 aliphatic rings. The van der Waals surface area contributed by atoms with Crippen LogP contribution in [0.3, 0.4) is 0 Å². The largest absolute Gasteiger partial charge is 0.493 e. The van der Waals surface area contributed by atoms with Crippen molar-refractivity contribution in [3.8, 4) is 5.75 Å². The summed E-state index contributed by atoms with van der Waals surface area (Å²) in [5.74, 6) is 1.52. The fourth-order valence-corrected chi connectivity index (χ4v) is 3.31. The van der Waals surface area contributed by atoms with Gasteiger partial charge in [0.25, 0.3) is 0 Å². The highest BCUT2D eigenvalue weighted by Crippen LogP contribution is 2.41. The summed E-state index contributed by atoms with van der Waals surface area (Å²) in [4.78, 5) is 2.82. The molecule has 0 aromatic carbocycles. The van der Waals surface area contributed by atoms with Crippen molar-refractivity contribution in [2.75, 3.05) is 27.7 Å². The van der Waals surface area contributed by atoms with Gasteiger partial charge in [-0.3, -0.25) is 4.68 Å². The van der Waals surface area contributed by atoms with Gasteiger partial charge in [-0.15, -0.1) is 0 Å². The molecule has 0 radical (unpaired) electrons. The van der Waals surface area contributed by atoms with Gasteiger partial charge in [-0.25, -0.2) is 0 Å². The van der Waals surface area contributed by atoms with Crippen LogP contribution in [0.1, 0.15) is 30.9 Å². The van der Waals surface area contributed by atoms with E-state index in [9.17, 15) is 0 Å². The van der Waals surface area contributed by atoms with E-state index < -0.39 is 0 Å². The average Bonchev–Trinajstić information content (AvgIpc) is 2.91. The molecule has 2 unspecified atom stereocenters. The summed E-state index contributed by atoms with van der Waals surface area (Å²) in [6.45, 7) is 1.93. The van der Waals surface area contributed by atoms with Crippen LogP contribution in [-0.2, 0) is 6.54 Å². The first-order valence-electron chi connectivity index (χ1n) is 6.50. The van der Waals surface area contributed by atoms with Crippen molar-refractivity contribution in [1.29, 1.82) is 0 Å². The summed E-state index contributed by atoms with van der Waals surface area (Å²) < 4.78 is 7.59. The van der Waals surface area contributed by atoms with Crippen molar-refractivity contribution in [2.45, 2.75) is 36.6 Å². The van der Waals surface area contributed by atoms with Gasteiger partial charge in [0.2, 0.25) is 0 Å². The lowest BCUT2D eigenvalue weighted by Gasteiger charge is -2.16. The third-order valence-electron chi connectivity index (χ3n) is 3.58. The Morgan fingerprint density at radius 1 is 1.50 bits per heavy atom. The van der Waals surface area contributed by atoms with Gasteiger partial charge in [-0.1, -0.05) is 15.9 Å². The summed E-state index contributed by atoms with van der Waals surface area (Å²) in [6, 6.07) is 0. The smallest absolute Gasteiger partial charge is 0.160 e. The molecule has 0 spiro atoms. The molecule has 5 heteroatoms. The van der Waals surface area contributed by atoms with Crippen LogP contribution in [0.15, 0.2) is 6.20 Å². The van der Waals surface area contributed by atoms with Gasteiger partial charge in [0.15, 0.2) is 5.75 Å². The fraction of sp³-hybridized carbons (Fsp3) is 0.769. The number of rotatable bonds is 5. The van der Waals surface area contributed by atoms with Gasteiger partial charge in [-0.05, 0) is 33.4 Å². The molecule has 0 amide bonds. The van der Waals surface area contributed by atoms with Crippen LogP contribution in [0.4, 0.5) is 0 Å². The first-order valence-corrected chi connectivity index (χ1v) is 7.42. The minimum atomic E-state index is 0.578. The van der Waals surface area contributed by atoms with Gasteiger partial charge in [0.1, 0.15) is 0 Å². The van der Waals surface area contributed by atoms with Crippen LogP contribution in [0.25, 0.3) is 0 Å². The number of halogens is 1.